The summed E-state index contributed by atoms with van der Waals surface area (Å²) in [5, 5.41) is 2.87. The Labute approximate surface area is 68.7 Å². The van der Waals surface area contributed by atoms with E-state index in [2.05, 4.69) is 11.9 Å². The summed E-state index contributed by atoms with van der Waals surface area (Å²) >= 11 is 0. The van der Waals surface area contributed by atoms with Gasteiger partial charge in [0.15, 0.2) is 0 Å². The highest BCUT2D eigenvalue weighted by Crippen LogP contribution is 2.10. The quantitative estimate of drug-likeness (QED) is 0.617. The van der Waals surface area contributed by atoms with Crippen molar-refractivity contribution in [3.05, 3.63) is 12.7 Å². The Kier molecular flexibility index (Phi) is 3.86. The van der Waals surface area contributed by atoms with Crippen LogP contribution in [0.25, 0.3) is 0 Å². The minimum absolute atomic E-state index is 0.0269. The topological polar surface area (TPSA) is 29.1 Å². The Morgan fingerprint density at radius 3 is 2.55 bits per heavy atom. The van der Waals surface area contributed by atoms with E-state index in [1.807, 2.05) is 19.9 Å². The minimum Gasteiger partial charge on any atom is -0.351 e. The third kappa shape index (κ3) is 5.64. The third-order valence-electron chi connectivity index (χ3n) is 1.49. The van der Waals surface area contributed by atoms with E-state index < -0.39 is 0 Å². The van der Waals surface area contributed by atoms with Gasteiger partial charge in [0.2, 0.25) is 5.91 Å². The lowest BCUT2D eigenvalue weighted by Gasteiger charge is -2.24. The van der Waals surface area contributed by atoms with Crippen LogP contribution in [0.2, 0.25) is 0 Å². The molecule has 0 aliphatic heterocycles. The van der Waals surface area contributed by atoms with Crippen LogP contribution >= 0.6 is 0 Å². The van der Waals surface area contributed by atoms with Crippen LogP contribution in [-0.4, -0.2) is 11.4 Å². The van der Waals surface area contributed by atoms with Crippen LogP contribution in [0.3, 0.4) is 0 Å². The van der Waals surface area contributed by atoms with Crippen molar-refractivity contribution >= 4 is 5.91 Å². The molecule has 11 heavy (non-hydrogen) atoms. The summed E-state index contributed by atoms with van der Waals surface area (Å²) in [4.78, 5) is 10.7. The molecule has 1 N–H and O–H groups in total. The van der Waals surface area contributed by atoms with Gasteiger partial charge in [0.05, 0.1) is 0 Å². The van der Waals surface area contributed by atoms with E-state index in [1.54, 1.807) is 0 Å². The Bertz CT molecular complexity index is 150. The molecule has 0 radical (unpaired) electrons. The van der Waals surface area contributed by atoms with Crippen molar-refractivity contribution in [2.45, 2.75) is 39.2 Å². The van der Waals surface area contributed by atoms with E-state index >= 15 is 0 Å². The summed E-state index contributed by atoms with van der Waals surface area (Å²) in [6.45, 7) is 9.19. The number of amides is 1. The van der Waals surface area contributed by atoms with E-state index in [1.165, 1.54) is 6.92 Å². The van der Waals surface area contributed by atoms with Crippen molar-refractivity contribution in [1.82, 2.24) is 5.32 Å². The average Bonchev–Trinajstić information content (AvgIpc) is 1.81. The fraction of sp³-hybridized carbons (Fsp3) is 0.667. The van der Waals surface area contributed by atoms with Crippen molar-refractivity contribution in [3.63, 3.8) is 0 Å². The first-order valence-electron chi connectivity index (χ1n) is 3.87. The molecule has 0 aliphatic carbocycles. The van der Waals surface area contributed by atoms with Crippen molar-refractivity contribution < 1.29 is 4.79 Å². The summed E-state index contributed by atoms with van der Waals surface area (Å²) in [6.07, 6.45) is 3.74. The van der Waals surface area contributed by atoms with Crippen LogP contribution in [0.1, 0.15) is 33.6 Å². The van der Waals surface area contributed by atoms with E-state index in [0.29, 0.717) is 0 Å². The maximum atomic E-state index is 10.7. The van der Waals surface area contributed by atoms with Gasteiger partial charge in [-0.1, -0.05) is 6.08 Å². The number of hydrogen-bond acceptors (Lipinski definition) is 1. The van der Waals surface area contributed by atoms with E-state index in [0.717, 1.165) is 12.8 Å². The van der Waals surface area contributed by atoms with Crippen molar-refractivity contribution in [1.29, 1.82) is 0 Å². The smallest absolute Gasteiger partial charge is 0.217 e. The highest BCUT2D eigenvalue weighted by molar-refractivity contribution is 5.73. The number of carbonyl (C=O) groups is 1. The molecule has 0 bridgehead atoms. The number of hydrogen-bond donors (Lipinski definition) is 1. The first kappa shape index (κ1) is 10.2. The predicted molar refractivity (Wildman–Crippen MR) is 47.3 cm³/mol. The second kappa shape index (κ2) is 4.16. The molecule has 0 saturated carbocycles. The van der Waals surface area contributed by atoms with E-state index in [-0.39, 0.29) is 11.4 Å². The Morgan fingerprint density at radius 2 is 2.18 bits per heavy atom. The van der Waals surface area contributed by atoms with Gasteiger partial charge in [-0.3, -0.25) is 4.79 Å². The van der Waals surface area contributed by atoms with Gasteiger partial charge >= 0.3 is 0 Å². The monoisotopic (exact) mass is 155 g/mol. The van der Waals surface area contributed by atoms with Crippen LogP contribution in [-0.2, 0) is 4.79 Å². The molecule has 2 nitrogen and oxygen atoms in total. The molecule has 0 aromatic carbocycles. The zero-order valence-corrected chi connectivity index (χ0v) is 7.61. The molecule has 0 atom stereocenters. The highest BCUT2D eigenvalue weighted by Gasteiger charge is 2.16. The summed E-state index contributed by atoms with van der Waals surface area (Å²) in [5.41, 5.74) is -0.0972. The van der Waals surface area contributed by atoms with Crippen molar-refractivity contribution in [2.75, 3.05) is 0 Å². The zero-order valence-electron chi connectivity index (χ0n) is 7.61. The second-order valence-corrected chi connectivity index (χ2v) is 3.39. The lowest BCUT2D eigenvalue weighted by atomic mass is 9.98. The van der Waals surface area contributed by atoms with Gasteiger partial charge in [0.1, 0.15) is 0 Å². The highest BCUT2D eigenvalue weighted by atomic mass is 16.1. The van der Waals surface area contributed by atoms with Gasteiger partial charge in [0, 0.05) is 12.5 Å². The average molecular weight is 155 g/mol. The lowest BCUT2D eigenvalue weighted by molar-refractivity contribution is -0.120. The number of allylic oxidation sites excluding steroid dienone is 1. The van der Waals surface area contributed by atoms with Gasteiger partial charge in [-0.05, 0) is 26.7 Å². The molecular formula is C9H17NO. The van der Waals surface area contributed by atoms with Crippen molar-refractivity contribution in [2.24, 2.45) is 0 Å². The molecule has 0 spiro atoms. The van der Waals surface area contributed by atoms with Crippen molar-refractivity contribution in [3.8, 4) is 0 Å². The molecule has 0 saturated heterocycles. The van der Waals surface area contributed by atoms with E-state index in [4.69, 9.17) is 0 Å². The summed E-state index contributed by atoms with van der Waals surface area (Å²) < 4.78 is 0. The number of carbonyl (C=O) groups excluding carboxylic acids is 1. The van der Waals surface area contributed by atoms with Gasteiger partial charge in [0.25, 0.3) is 0 Å². The van der Waals surface area contributed by atoms with Crippen LogP contribution in [0.15, 0.2) is 12.7 Å². The van der Waals surface area contributed by atoms with Gasteiger partial charge in [-0.2, -0.15) is 0 Å². The van der Waals surface area contributed by atoms with E-state index in [9.17, 15) is 4.79 Å². The number of nitrogens with one attached hydrogen (secondary N) is 1. The first-order chi connectivity index (χ1) is 4.98. The largest absolute Gasteiger partial charge is 0.351 e. The molecular weight excluding hydrogens is 138 g/mol. The van der Waals surface area contributed by atoms with Gasteiger partial charge < -0.3 is 5.32 Å². The van der Waals surface area contributed by atoms with Crippen LogP contribution in [0.5, 0.6) is 0 Å². The predicted octanol–water partition coefficient (Wildman–Crippen LogP) is 1.87. The maximum absolute atomic E-state index is 10.7. The van der Waals surface area contributed by atoms with Crippen LogP contribution in [0.4, 0.5) is 0 Å². The SMILES string of the molecule is C=CCCC(C)(C)NC(C)=O. The molecule has 0 unspecified atom stereocenters. The minimum atomic E-state index is -0.0972. The van der Waals surface area contributed by atoms with Gasteiger partial charge in [-0.15, -0.1) is 6.58 Å². The van der Waals surface area contributed by atoms with Crippen LogP contribution < -0.4 is 5.32 Å². The molecule has 0 aliphatic rings. The molecule has 0 heterocycles. The summed E-state index contributed by atoms with van der Waals surface area (Å²) in [7, 11) is 0. The summed E-state index contributed by atoms with van der Waals surface area (Å²) in [6, 6.07) is 0. The molecule has 0 rings (SSSR count). The zero-order chi connectivity index (χ0) is 8.91. The normalized spacial score (nSPS) is 10.8. The lowest BCUT2D eigenvalue weighted by Crippen LogP contribution is -2.41. The summed E-state index contributed by atoms with van der Waals surface area (Å²) in [5.74, 6) is 0.0269. The van der Waals surface area contributed by atoms with Gasteiger partial charge in [-0.25, -0.2) is 0 Å². The Balaban J connectivity index is 3.78. The molecule has 1 amide bonds. The molecule has 0 aromatic rings. The molecule has 64 valence electrons. The number of rotatable bonds is 4. The van der Waals surface area contributed by atoms with Crippen LogP contribution in [0, 0.1) is 0 Å². The molecule has 0 fully saturated rings. The fourth-order valence-electron chi connectivity index (χ4n) is 1.00. The maximum Gasteiger partial charge on any atom is 0.217 e. The Hall–Kier alpha value is -0.790. The second-order valence-electron chi connectivity index (χ2n) is 3.39. The molecule has 2 heteroatoms. The third-order valence-corrected chi connectivity index (χ3v) is 1.49. The fourth-order valence-corrected chi connectivity index (χ4v) is 1.00. The first-order valence-corrected chi connectivity index (χ1v) is 3.87. The standard InChI is InChI=1S/C9H17NO/c1-5-6-7-9(3,4)10-8(2)11/h5H,1,6-7H2,2-4H3,(H,10,11). The molecule has 0 aromatic heterocycles. The Morgan fingerprint density at radius 1 is 1.64 bits per heavy atom.